The van der Waals surface area contributed by atoms with E-state index in [1.807, 2.05) is 0 Å². The number of hydrogen-bond donors (Lipinski definition) is 0. The molecule has 0 N–H and O–H groups in total. The molecule has 0 aromatic carbocycles. The van der Waals surface area contributed by atoms with Crippen molar-refractivity contribution in [2.75, 3.05) is 19.8 Å². The van der Waals surface area contributed by atoms with Gasteiger partial charge in [-0.15, -0.1) is 0 Å². The molecule has 0 spiro atoms. The predicted octanol–water partition coefficient (Wildman–Crippen LogP) is 15.7. The molecule has 0 aliphatic heterocycles. The molecule has 0 aromatic heterocycles. The number of esters is 2. The fourth-order valence-corrected chi connectivity index (χ4v) is 5.82. The Hall–Kier alpha value is -3.44. The topological polar surface area (TPSA) is 61.8 Å². The van der Waals surface area contributed by atoms with Crippen LogP contribution in [-0.4, -0.2) is 37.9 Å². The highest BCUT2D eigenvalue weighted by atomic mass is 16.6. The molecule has 0 radical (unpaired) electrons. The van der Waals surface area contributed by atoms with Crippen LogP contribution in [0.5, 0.6) is 0 Å². The van der Waals surface area contributed by atoms with Gasteiger partial charge < -0.3 is 14.2 Å². The van der Waals surface area contributed by atoms with Crippen LogP contribution in [0.2, 0.25) is 0 Å². The number of allylic oxidation sites excluding steroid dienone is 18. The quantitative estimate of drug-likeness (QED) is 0.0350. The van der Waals surface area contributed by atoms with Gasteiger partial charge in [0.2, 0.25) is 0 Å². The van der Waals surface area contributed by atoms with E-state index in [2.05, 4.69) is 130 Å². The summed E-state index contributed by atoms with van der Waals surface area (Å²) in [6.07, 6.45) is 65.2. The molecule has 1 unspecified atom stereocenters. The Morgan fingerprint density at radius 1 is 0.397 bits per heavy atom. The van der Waals surface area contributed by atoms with E-state index in [-0.39, 0.29) is 25.2 Å². The van der Waals surface area contributed by atoms with Gasteiger partial charge in [0.15, 0.2) is 6.10 Å². The van der Waals surface area contributed by atoms with Crippen LogP contribution in [0, 0.1) is 0 Å². The summed E-state index contributed by atoms with van der Waals surface area (Å²) in [5.41, 5.74) is 0. The van der Waals surface area contributed by atoms with Gasteiger partial charge >= 0.3 is 11.9 Å². The summed E-state index contributed by atoms with van der Waals surface area (Å²) in [5, 5.41) is 0. The third-order valence-corrected chi connectivity index (χ3v) is 9.27. The minimum Gasteiger partial charge on any atom is -0.462 e. The van der Waals surface area contributed by atoms with E-state index in [0.29, 0.717) is 19.4 Å². The van der Waals surface area contributed by atoms with Crippen LogP contribution in [0.4, 0.5) is 0 Å². The average molecular weight is 803 g/mol. The predicted molar refractivity (Wildman–Crippen MR) is 251 cm³/mol. The zero-order chi connectivity index (χ0) is 42.1. The lowest BCUT2D eigenvalue weighted by atomic mass is 10.1. The number of unbranched alkanes of at least 4 members (excludes halogenated alkanes) is 12. The van der Waals surface area contributed by atoms with Crippen molar-refractivity contribution in [1.82, 2.24) is 0 Å². The van der Waals surface area contributed by atoms with Crippen molar-refractivity contribution in [3.63, 3.8) is 0 Å². The fourth-order valence-electron chi connectivity index (χ4n) is 5.82. The maximum absolute atomic E-state index is 12.7. The van der Waals surface area contributed by atoms with Gasteiger partial charge in [0.05, 0.1) is 6.61 Å². The van der Waals surface area contributed by atoms with Gasteiger partial charge in [-0.1, -0.05) is 169 Å². The summed E-state index contributed by atoms with van der Waals surface area (Å²) in [6.45, 7) is 7.41. The van der Waals surface area contributed by atoms with E-state index in [9.17, 15) is 9.59 Å². The SMILES string of the molecule is CC/C=C\C/C=C\C/C=C\C/C=C\CCCCCOCC(COC(=O)CCCC/C=C\C/C=C\C/C=C\C/C=C\CC)OC(=O)CCCCCCC/C=C\CCCC. The van der Waals surface area contributed by atoms with Crippen molar-refractivity contribution in [1.29, 1.82) is 0 Å². The first-order valence-electron chi connectivity index (χ1n) is 23.4. The number of carbonyl (C=O) groups is 2. The smallest absolute Gasteiger partial charge is 0.306 e. The maximum atomic E-state index is 12.7. The molecule has 5 heteroatoms. The molecule has 0 saturated carbocycles. The van der Waals surface area contributed by atoms with E-state index in [4.69, 9.17) is 14.2 Å². The van der Waals surface area contributed by atoms with Gasteiger partial charge in [-0.05, 0) is 116 Å². The third-order valence-electron chi connectivity index (χ3n) is 9.27. The molecule has 0 heterocycles. The zero-order valence-corrected chi connectivity index (χ0v) is 37.5. The van der Waals surface area contributed by atoms with E-state index < -0.39 is 6.10 Å². The Balaban J connectivity index is 4.42. The number of hydrogen-bond acceptors (Lipinski definition) is 5. The molecule has 328 valence electrons. The second-order valence-corrected chi connectivity index (χ2v) is 14.9. The lowest BCUT2D eigenvalue weighted by Gasteiger charge is -2.18. The molecule has 0 rings (SSSR count). The average Bonchev–Trinajstić information content (AvgIpc) is 3.22. The van der Waals surface area contributed by atoms with E-state index >= 15 is 0 Å². The summed E-state index contributed by atoms with van der Waals surface area (Å²) in [7, 11) is 0. The Bertz CT molecular complexity index is 1180. The van der Waals surface area contributed by atoms with Crippen LogP contribution < -0.4 is 0 Å². The van der Waals surface area contributed by atoms with Gasteiger partial charge in [-0.25, -0.2) is 0 Å². The molecule has 0 aliphatic carbocycles. The summed E-state index contributed by atoms with van der Waals surface area (Å²) in [5.74, 6) is -0.485. The first-order chi connectivity index (χ1) is 28.6. The highest BCUT2D eigenvalue weighted by Gasteiger charge is 2.17. The molecular weight excluding hydrogens is 717 g/mol. The minimum absolute atomic E-state index is 0.0407. The molecule has 5 nitrogen and oxygen atoms in total. The van der Waals surface area contributed by atoms with Crippen LogP contribution in [0.1, 0.15) is 188 Å². The van der Waals surface area contributed by atoms with E-state index in [1.165, 1.54) is 32.1 Å². The zero-order valence-electron chi connectivity index (χ0n) is 37.5. The summed E-state index contributed by atoms with van der Waals surface area (Å²) in [6, 6.07) is 0. The fraction of sp³-hybridized carbons (Fsp3) is 0.623. The lowest BCUT2D eigenvalue weighted by Crippen LogP contribution is -2.30. The van der Waals surface area contributed by atoms with Gasteiger partial charge in [-0.3, -0.25) is 9.59 Å². The minimum atomic E-state index is -0.579. The standard InChI is InChI=1S/C53H86O5/c1-4-7-10-13-16-19-22-24-26-28-30-33-36-39-42-45-48-56-49-51(58-53(55)47-44-41-38-35-31-21-18-15-12-9-6-3)50-57-52(54)46-43-40-37-34-32-29-27-25-23-20-17-14-11-8-5-2/h7-8,10-11,15-20,24-27,30,32-34,51H,4-6,9,12-14,21-23,28-29,31,35-50H2,1-3H3/b10-7-,11-8-,18-15-,19-16-,20-17-,26-24-,27-25-,33-30-,34-32-. The molecule has 58 heavy (non-hydrogen) atoms. The van der Waals surface area contributed by atoms with Crippen molar-refractivity contribution in [3.8, 4) is 0 Å². The highest BCUT2D eigenvalue weighted by molar-refractivity contribution is 5.70. The third kappa shape index (κ3) is 45.3. The molecule has 0 fully saturated rings. The molecule has 0 aliphatic rings. The van der Waals surface area contributed by atoms with E-state index in [1.54, 1.807) is 0 Å². The van der Waals surface area contributed by atoms with Crippen molar-refractivity contribution in [2.24, 2.45) is 0 Å². The van der Waals surface area contributed by atoms with Crippen LogP contribution in [0.15, 0.2) is 109 Å². The Morgan fingerprint density at radius 2 is 0.776 bits per heavy atom. The molecular formula is C53H86O5. The Labute approximate surface area is 357 Å². The van der Waals surface area contributed by atoms with Gasteiger partial charge in [0, 0.05) is 19.4 Å². The monoisotopic (exact) mass is 803 g/mol. The first kappa shape index (κ1) is 54.6. The lowest BCUT2D eigenvalue weighted by molar-refractivity contribution is -0.163. The van der Waals surface area contributed by atoms with Crippen molar-refractivity contribution in [3.05, 3.63) is 109 Å². The largest absolute Gasteiger partial charge is 0.462 e. The molecule has 0 saturated heterocycles. The van der Waals surface area contributed by atoms with Crippen LogP contribution in [0.25, 0.3) is 0 Å². The Kier molecular flexibility index (Phi) is 45.1. The van der Waals surface area contributed by atoms with Crippen LogP contribution in [0.3, 0.4) is 0 Å². The normalized spacial score (nSPS) is 13.2. The summed E-state index contributed by atoms with van der Waals surface area (Å²) >= 11 is 0. The van der Waals surface area contributed by atoms with Gasteiger partial charge in [0.1, 0.15) is 6.61 Å². The number of rotatable bonds is 41. The molecule has 0 bridgehead atoms. The second-order valence-electron chi connectivity index (χ2n) is 14.9. The number of carbonyl (C=O) groups excluding carboxylic acids is 2. The maximum Gasteiger partial charge on any atom is 0.306 e. The first-order valence-corrected chi connectivity index (χ1v) is 23.4. The van der Waals surface area contributed by atoms with Crippen LogP contribution in [-0.2, 0) is 23.8 Å². The van der Waals surface area contributed by atoms with Crippen molar-refractivity contribution in [2.45, 2.75) is 194 Å². The number of ether oxygens (including phenoxy) is 3. The molecule has 1 atom stereocenters. The summed E-state index contributed by atoms with van der Waals surface area (Å²) < 4.78 is 17.3. The highest BCUT2D eigenvalue weighted by Crippen LogP contribution is 2.11. The second kappa shape index (κ2) is 47.9. The van der Waals surface area contributed by atoms with Crippen molar-refractivity contribution < 1.29 is 23.8 Å². The Morgan fingerprint density at radius 3 is 1.29 bits per heavy atom. The van der Waals surface area contributed by atoms with Gasteiger partial charge in [0.25, 0.3) is 0 Å². The van der Waals surface area contributed by atoms with Crippen LogP contribution >= 0.6 is 0 Å². The molecule has 0 aromatic rings. The van der Waals surface area contributed by atoms with Gasteiger partial charge in [-0.2, -0.15) is 0 Å². The molecule has 0 amide bonds. The van der Waals surface area contributed by atoms with Crippen molar-refractivity contribution >= 4 is 11.9 Å². The van der Waals surface area contributed by atoms with E-state index in [0.717, 1.165) is 122 Å². The summed E-state index contributed by atoms with van der Waals surface area (Å²) in [4.78, 5) is 25.3.